The molecule has 3 N–H and O–H groups in total. The van der Waals surface area contributed by atoms with E-state index in [0.717, 1.165) is 0 Å². The first-order valence-corrected chi connectivity index (χ1v) is 4.41. The first kappa shape index (κ1) is 9.39. The van der Waals surface area contributed by atoms with Gasteiger partial charge in [-0.05, 0) is 6.07 Å². The quantitative estimate of drug-likeness (QED) is 0.574. The molecule has 2 rings (SSSR count). The lowest BCUT2D eigenvalue weighted by Crippen LogP contribution is -2.10. The summed E-state index contributed by atoms with van der Waals surface area (Å²) in [6, 6.07) is 1.63. The minimum atomic E-state index is 0.184. The number of nitrogens with one attached hydrogen (secondary N) is 1. The fourth-order valence-electron chi connectivity index (χ4n) is 0.992. The van der Waals surface area contributed by atoms with Gasteiger partial charge in [0.25, 0.3) is 0 Å². The van der Waals surface area contributed by atoms with Crippen LogP contribution in [0.3, 0.4) is 0 Å². The molecule has 0 spiro atoms. The van der Waals surface area contributed by atoms with Gasteiger partial charge in [0.05, 0.1) is 5.02 Å². The van der Waals surface area contributed by atoms with Crippen molar-refractivity contribution in [3.8, 4) is 0 Å². The van der Waals surface area contributed by atoms with Crippen LogP contribution in [0.1, 0.15) is 0 Å². The number of hydrogen-bond donors (Lipinski definition) is 2. The lowest BCUT2D eigenvalue weighted by Gasteiger charge is -2.02. The van der Waals surface area contributed by atoms with Crippen LogP contribution < -0.4 is 11.3 Å². The van der Waals surface area contributed by atoms with Crippen molar-refractivity contribution in [3.05, 3.63) is 22.4 Å². The summed E-state index contributed by atoms with van der Waals surface area (Å²) < 4.78 is 0. The molecule has 0 radical (unpaired) electrons. The average molecular weight is 230 g/mol. The zero-order valence-corrected chi connectivity index (χ0v) is 8.34. The Hall–Kier alpha value is -1.17. The number of hydrogen-bond acceptors (Lipinski definition) is 5. The monoisotopic (exact) mass is 229 g/mol. The Kier molecular flexibility index (Phi) is 2.37. The van der Waals surface area contributed by atoms with Crippen molar-refractivity contribution in [2.45, 2.75) is 0 Å². The van der Waals surface area contributed by atoms with E-state index in [1.807, 2.05) is 0 Å². The molecule has 0 fully saturated rings. The number of aromatic nitrogens is 3. The summed E-state index contributed by atoms with van der Waals surface area (Å²) in [5, 5.41) is 0.667. The number of rotatable bonds is 1. The molecule has 0 bridgehead atoms. The van der Waals surface area contributed by atoms with E-state index < -0.39 is 0 Å². The molecule has 0 unspecified atom stereocenters. The second-order valence-electron chi connectivity index (χ2n) is 2.50. The molecule has 0 aliphatic rings. The highest BCUT2D eigenvalue weighted by Gasteiger charge is 2.06. The van der Waals surface area contributed by atoms with Crippen LogP contribution in [0.2, 0.25) is 10.2 Å². The molecular formula is C7H5Cl2N5. The van der Waals surface area contributed by atoms with Crippen molar-refractivity contribution in [1.82, 2.24) is 15.0 Å². The van der Waals surface area contributed by atoms with Crippen LogP contribution in [-0.2, 0) is 0 Å². The summed E-state index contributed by atoms with van der Waals surface area (Å²) in [5.41, 5.74) is 3.29. The number of nitrogens with two attached hydrogens (primary N) is 1. The van der Waals surface area contributed by atoms with Crippen LogP contribution in [0.25, 0.3) is 11.2 Å². The fraction of sp³-hybridized carbons (Fsp3) is 0. The highest BCUT2D eigenvalue weighted by Crippen LogP contribution is 2.20. The van der Waals surface area contributed by atoms with Crippen LogP contribution in [0.4, 0.5) is 5.82 Å². The highest BCUT2D eigenvalue weighted by molar-refractivity contribution is 6.32. The minimum Gasteiger partial charge on any atom is -0.306 e. The number of nitrogen functional groups attached to an aromatic ring is 1. The number of nitrogens with zero attached hydrogens (tertiary/aromatic N) is 3. The van der Waals surface area contributed by atoms with Gasteiger partial charge in [-0.2, -0.15) is 0 Å². The Bertz CT molecular complexity index is 487. The largest absolute Gasteiger partial charge is 0.306 e. The van der Waals surface area contributed by atoms with Gasteiger partial charge in [-0.15, -0.1) is 0 Å². The number of fused-ring (bicyclic) bond motifs is 1. The predicted octanol–water partition coefficient (Wildman–Crippen LogP) is 1.62. The molecule has 0 atom stereocenters. The lowest BCUT2D eigenvalue weighted by atomic mass is 10.4. The van der Waals surface area contributed by atoms with E-state index in [2.05, 4.69) is 20.4 Å². The van der Waals surface area contributed by atoms with Crippen LogP contribution >= 0.6 is 23.2 Å². The topological polar surface area (TPSA) is 76.7 Å². The molecule has 14 heavy (non-hydrogen) atoms. The zero-order chi connectivity index (χ0) is 10.1. The summed E-state index contributed by atoms with van der Waals surface area (Å²) in [6.07, 6.45) is 1.48. The Morgan fingerprint density at radius 1 is 1.29 bits per heavy atom. The van der Waals surface area contributed by atoms with Crippen molar-refractivity contribution in [1.29, 1.82) is 0 Å². The van der Waals surface area contributed by atoms with Crippen molar-refractivity contribution in [3.63, 3.8) is 0 Å². The van der Waals surface area contributed by atoms with Gasteiger partial charge >= 0.3 is 0 Å². The molecule has 0 saturated heterocycles. The Morgan fingerprint density at radius 3 is 2.79 bits per heavy atom. The molecule has 2 aromatic heterocycles. The van der Waals surface area contributed by atoms with E-state index in [1.54, 1.807) is 6.07 Å². The third kappa shape index (κ3) is 1.57. The second-order valence-corrected chi connectivity index (χ2v) is 3.30. The summed E-state index contributed by atoms with van der Waals surface area (Å²) in [5.74, 6) is 5.47. The zero-order valence-electron chi connectivity index (χ0n) is 6.83. The van der Waals surface area contributed by atoms with Crippen molar-refractivity contribution >= 4 is 40.2 Å². The fourth-order valence-corrected chi connectivity index (χ4v) is 1.33. The van der Waals surface area contributed by atoms with Crippen LogP contribution in [0.5, 0.6) is 0 Å². The molecule has 0 aliphatic carbocycles. The predicted molar refractivity (Wildman–Crippen MR) is 55.2 cm³/mol. The van der Waals surface area contributed by atoms with Gasteiger partial charge in [-0.25, -0.2) is 20.8 Å². The van der Waals surface area contributed by atoms with E-state index in [-0.39, 0.29) is 11.0 Å². The van der Waals surface area contributed by atoms with Gasteiger partial charge in [0.2, 0.25) is 0 Å². The Labute approximate surface area is 89.2 Å². The normalized spacial score (nSPS) is 10.5. The number of anilines is 1. The first-order valence-electron chi connectivity index (χ1n) is 3.66. The summed E-state index contributed by atoms with van der Waals surface area (Å²) in [4.78, 5) is 12.0. The molecule has 72 valence electrons. The summed E-state index contributed by atoms with van der Waals surface area (Å²) in [7, 11) is 0. The summed E-state index contributed by atoms with van der Waals surface area (Å²) in [6.45, 7) is 0. The summed E-state index contributed by atoms with van der Waals surface area (Å²) >= 11 is 11.5. The van der Waals surface area contributed by atoms with Gasteiger partial charge in [0, 0.05) is 6.20 Å². The smallest absolute Gasteiger partial charge is 0.180 e. The average Bonchev–Trinajstić information content (AvgIpc) is 2.16. The van der Waals surface area contributed by atoms with E-state index in [0.29, 0.717) is 16.2 Å². The molecule has 0 amide bonds. The van der Waals surface area contributed by atoms with Crippen molar-refractivity contribution < 1.29 is 0 Å². The third-order valence-corrected chi connectivity index (χ3v) is 2.05. The first-order chi connectivity index (χ1) is 6.70. The van der Waals surface area contributed by atoms with E-state index in [1.165, 1.54) is 6.20 Å². The molecular weight excluding hydrogens is 225 g/mol. The molecule has 0 aromatic carbocycles. The van der Waals surface area contributed by atoms with Crippen molar-refractivity contribution in [2.24, 2.45) is 5.84 Å². The SMILES string of the molecule is NNc1nc2ncc(Cl)cc2nc1Cl. The second kappa shape index (κ2) is 3.53. The van der Waals surface area contributed by atoms with E-state index in [9.17, 15) is 0 Å². The van der Waals surface area contributed by atoms with Crippen molar-refractivity contribution in [2.75, 3.05) is 5.43 Å². The maximum Gasteiger partial charge on any atom is 0.180 e. The maximum absolute atomic E-state index is 5.77. The van der Waals surface area contributed by atoms with E-state index in [4.69, 9.17) is 29.0 Å². The number of halogens is 2. The number of hydrazine groups is 1. The van der Waals surface area contributed by atoms with Gasteiger partial charge < -0.3 is 5.43 Å². The van der Waals surface area contributed by atoms with Crippen LogP contribution in [-0.4, -0.2) is 15.0 Å². The Morgan fingerprint density at radius 2 is 2.07 bits per heavy atom. The number of pyridine rings is 1. The van der Waals surface area contributed by atoms with E-state index >= 15 is 0 Å². The minimum absolute atomic E-state index is 0.184. The molecule has 7 heteroatoms. The highest BCUT2D eigenvalue weighted by atomic mass is 35.5. The lowest BCUT2D eigenvalue weighted by molar-refractivity contribution is 1.18. The van der Waals surface area contributed by atoms with Gasteiger partial charge in [-0.1, -0.05) is 23.2 Å². The van der Waals surface area contributed by atoms with Gasteiger partial charge in [-0.3, -0.25) is 0 Å². The molecule has 0 aliphatic heterocycles. The Balaban J connectivity index is 2.73. The molecule has 2 heterocycles. The molecule has 0 saturated carbocycles. The maximum atomic E-state index is 5.77. The van der Waals surface area contributed by atoms with Crippen LogP contribution in [0, 0.1) is 0 Å². The standard InChI is InChI=1S/C7H5Cl2N5/c8-3-1-4-6(11-2-3)13-7(14-10)5(9)12-4/h1-2H,10H2,(H,11,13,14). The van der Waals surface area contributed by atoms with Gasteiger partial charge in [0.15, 0.2) is 16.6 Å². The molecule has 5 nitrogen and oxygen atoms in total. The van der Waals surface area contributed by atoms with Crippen LogP contribution in [0.15, 0.2) is 12.3 Å². The van der Waals surface area contributed by atoms with Gasteiger partial charge in [0.1, 0.15) is 5.52 Å². The molecule has 2 aromatic rings. The third-order valence-electron chi connectivity index (χ3n) is 1.58.